The molecule has 0 saturated heterocycles. The van der Waals surface area contributed by atoms with E-state index >= 15 is 0 Å². The molecular weight excluding hydrogens is 288 g/mol. The number of nitrogens with one attached hydrogen (secondary N) is 1. The molecule has 4 nitrogen and oxygen atoms in total. The molecule has 0 aromatic heterocycles. The zero-order valence-corrected chi connectivity index (χ0v) is 15.4. The summed E-state index contributed by atoms with van der Waals surface area (Å²) in [5.74, 6) is 1.12. The van der Waals surface area contributed by atoms with Gasteiger partial charge in [0, 0.05) is 19.1 Å². The molecule has 1 aromatic carbocycles. The number of carbonyl (C=O) groups is 1. The predicted molar refractivity (Wildman–Crippen MR) is 96.0 cm³/mol. The van der Waals surface area contributed by atoms with Crippen LogP contribution in [0, 0.1) is 0 Å². The minimum Gasteiger partial charge on any atom is -0.481 e. The fraction of sp³-hybridized carbons (Fsp3) is 0.632. The maximum Gasteiger partial charge on any atom is 0.260 e. The molecule has 0 aliphatic rings. The molecule has 130 valence electrons. The van der Waals surface area contributed by atoms with Gasteiger partial charge in [0.25, 0.3) is 5.91 Å². The highest BCUT2D eigenvalue weighted by Gasteiger charge is 2.15. The quantitative estimate of drug-likeness (QED) is 0.758. The van der Waals surface area contributed by atoms with Crippen molar-refractivity contribution in [3.8, 4) is 5.75 Å². The van der Waals surface area contributed by atoms with Gasteiger partial charge in [-0.3, -0.25) is 9.69 Å². The van der Waals surface area contributed by atoms with Crippen molar-refractivity contribution in [2.75, 3.05) is 19.6 Å². The molecule has 0 bridgehead atoms. The van der Waals surface area contributed by atoms with Gasteiger partial charge in [-0.25, -0.2) is 0 Å². The van der Waals surface area contributed by atoms with Crippen molar-refractivity contribution in [3.63, 3.8) is 0 Å². The molecular formula is C19H32N2O2. The maximum absolute atomic E-state index is 12.2. The molecule has 1 N–H and O–H groups in total. The van der Waals surface area contributed by atoms with Crippen LogP contribution in [0.3, 0.4) is 0 Å². The summed E-state index contributed by atoms with van der Waals surface area (Å²) in [6, 6.07) is 8.44. The third-order valence-corrected chi connectivity index (χ3v) is 4.04. The highest BCUT2D eigenvalue weighted by Crippen LogP contribution is 2.20. The van der Waals surface area contributed by atoms with Gasteiger partial charge in [0.2, 0.25) is 0 Å². The van der Waals surface area contributed by atoms with E-state index < -0.39 is 6.10 Å². The average Bonchev–Trinajstić information content (AvgIpc) is 2.51. The summed E-state index contributed by atoms with van der Waals surface area (Å²) < 4.78 is 5.77. The van der Waals surface area contributed by atoms with E-state index in [1.807, 2.05) is 18.2 Å². The second-order valence-electron chi connectivity index (χ2n) is 6.50. The number of rotatable bonds is 9. The molecule has 23 heavy (non-hydrogen) atoms. The topological polar surface area (TPSA) is 41.6 Å². The highest BCUT2D eigenvalue weighted by atomic mass is 16.5. The largest absolute Gasteiger partial charge is 0.481 e. The van der Waals surface area contributed by atoms with Crippen molar-refractivity contribution >= 4 is 5.91 Å². The standard InChI is InChI=1S/C19H32N2O2/c1-7-21(15(4)5)12-11-20-19(22)16(6)23-18-10-8-9-17(13-18)14(2)3/h8-10,13-16H,7,11-12H2,1-6H3,(H,20,22). The molecule has 1 atom stereocenters. The number of carbonyl (C=O) groups excluding carboxylic acids is 1. The molecule has 0 saturated carbocycles. The SMILES string of the molecule is CCN(CCNC(=O)C(C)Oc1cccc(C(C)C)c1)C(C)C. The van der Waals surface area contributed by atoms with E-state index in [0.717, 1.165) is 18.8 Å². The molecule has 1 rings (SSSR count). The van der Waals surface area contributed by atoms with Gasteiger partial charge >= 0.3 is 0 Å². The normalized spacial score (nSPS) is 12.7. The maximum atomic E-state index is 12.2. The van der Waals surface area contributed by atoms with Crippen molar-refractivity contribution < 1.29 is 9.53 Å². The number of hydrogen-bond acceptors (Lipinski definition) is 3. The van der Waals surface area contributed by atoms with E-state index in [9.17, 15) is 4.79 Å². The third kappa shape index (κ3) is 6.61. The fourth-order valence-electron chi connectivity index (χ4n) is 2.45. The summed E-state index contributed by atoms with van der Waals surface area (Å²) in [6.07, 6.45) is -0.494. The average molecular weight is 320 g/mol. The first-order chi connectivity index (χ1) is 10.8. The lowest BCUT2D eigenvalue weighted by molar-refractivity contribution is -0.127. The Bertz CT molecular complexity index is 486. The van der Waals surface area contributed by atoms with E-state index in [2.05, 4.69) is 50.9 Å². The van der Waals surface area contributed by atoms with E-state index in [0.29, 0.717) is 18.5 Å². The lowest BCUT2D eigenvalue weighted by Gasteiger charge is -2.25. The number of amides is 1. The van der Waals surface area contributed by atoms with Gasteiger partial charge in [0.05, 0.1) is 0 Å². The Hall–Kier alpha value is -1.55. The number of likely N-dealkylation sites (N-methyl/N-ethyl adjacent to an activating group) is 1. The van der Waals surface area contributed by atoms with Crippen LogP contribution in [0.4, 0.5) is 0 Å². The van der Waals surface area contributed by atoms with Gasteiger partial charge in [0.1, 0.15) is 5.75 Å². The zero-order valence-electron chi connectivity index (χ0n) is 15.4. The van der Waals surface area contributed by atoms with E-state index in [-0.39, 0.29) is 5.91 Å². The minimum absolute atomic E-state index is 0.0697. The van der Waals surface area contributed by atoms with E-state index in [4.69, 9.17) is 4.74 Å². The number of nitrogens with zero attached hydrogens (tertiary/aromatic N) is 1. The second kappa shape index (κ2) is 9.56. The Kier molecular flexibility index (Phi) is 8.10. The summed E-state index contributed by atoms with van der Waals surface area (Å²) in [6.45, 7) is 15.0. The van der Waals surface area contributed by atoms with Crippen molar-refractivity contribution in [2.24, 2.45) is 0 Å². The summed E-state index contributed by atoms with van der Waals surface area (Å²) >= 11 is 0. The van der Waals surface area contributed by atoms with E-state index in [1.54, 1.807) is 6.92 Å². The van der Waals surface area contributed by atoms with Gasteiger partial charge in [-0.15, -0.1) is 0 Å². The highest BCUT2D eigenvalue weighted by molar-refractivity contribution is 5.80. The molecule has 1 amide bonds. The fourth-order valence-corrected chi connectivity index (χ4v) is 2.45. The van der Waals surface area contributed by atoms with Crippen LogP contribution in [-0.4, -0.2) is 42.6 Å². The summed E-state index contributed by atoms with van der Waals surface area (Å²) in [5, 5.41) is 2.95. The molecule has 0 spiro atoms. The summed E-state index contributed by atoms with van der Waals surface area (Å²) in [5.41, 5.74) is 1.21. The number of ether oxygens (including phenoxy) is 1. The van der Waals surface area contributed by atoms with Crippen LogP contribution in [0.25, 0.3) is 0 Å². The zero-order chi connectivity index (χ0) is 17.4. The van der Waals surface area contributed by atoms with Gasteiger partial charge in [-0.1, -0.05) is 32.9 Å². The van der Waals surface area contributed by atoms with Gasteiger partial charge in [0.15, 0.2) is 6.10 Å². The molecule has 1 aromatic rings. The second-order valence-corrected chi connectivity index (χ2v) is 6.50. The molecule has 0 radical (unpaired) electrons. The Morgan fingerprint density at radius 1 is 1.22 bits per heavy atom. The van der Waals surface area contributed by atoms with Crippen molar-refractivity contribution in [3.05, 3.63) is 29.8 Å². The van der Waals surface area contributed by atoms with Crippen LogP contribution in [0.5, 0.6) is 5.75 Å². The van der Waals surface area contributed by atoms with Crippen LogP contribution in [0.1, 0.15) is 53.0 Å². The van der Waals surface area contributed by atoms with Crippen molar-refractivity contribution in [1.29, 1.82) is 0 Å². The number of benzene rings is 1. The molecule has 0 aliphatic carbocycles. The Labute approximate surface area is 141 Å². The first-order valence-electron chi connectivity index (χ1n) is 8.63. The Morgan fingerprint density at radius 2 is 1.91 bits per heavy atom. The third-order valence-electron chi connectivity index (χ3n) is 4.04. The molecule has 4 heteroatoms. The van der Waals surface area contributed by atoms with Gasteiger partial charge in [-0.2, -0.15) is 0 Å². The van der Waals surface area contributed by atoms with Crippen molar-refractivity contribution in [1.82, 2.24) is 10.2 Å². The van der Waals surface area contributed by atoms with Crippen molar-refractivity contribution in [2.45, 2.75) is 59.6 Å². The molecule has 1 unspecified atom stereocenters. The smallest absolute Gasteiger partial charge is 0.260 e. The van der Waals surface area contributed by atoms with Crippen LogP contribution >= 0.6 is 0 Å². The van der Waals surface area contributed by atoms with Gasteiger partial charge < -0.3 is 10.1 Å². The first-order valence-corrected chi connectivity index (χ1v) is 8.63. The van der Waals surface area contributed by atoms with Crippen LogP contribution in [0.2, 0.25) is 0 Å². The lowest BCUT2D eigenvalue weighted by atomic mass is 10.0. The predicted octanol–water partition coefficient (Wildman–Crippen LogP) is 3.42. The Balaban J connectivity index is 2.46. The van der Waals surface area contributed by atoms with Crippen LogP contribution in [-0.2, 0) is 4.79 Å². The van der Waals surface area contributed by atoms with E-state index in [1.165, 1.54) is 5.56 Å². The summed E-state index contributed by atoms with van der Waals surface area (Å²) in [7, 11) is 0. The number of hydrogen-bond donors (Lipinski definition) is 1. The molecule has 0 aliphatic heterocycles. The minimum atomic E-state index is -0.494. The molecule has 0 fully saturated rings. The monoisotopic (exact) mass is 320 g/mol. The lowest BCUT2D eigenvalue weighted by Crippen LogP contribution is -2.42. The Morgan fingerprint density at radius 3 is 2.48 bits per heavy atom. The molecule has 0 heterocycles. The first kappa shape index (κ1) is 19.5. The van der Waals surface area contributed by atoms with Crippen LogP contribution in [0.15, 0.2) is 24.3 Å². The van der Waals surface area contributed by atoms with Gasteiger partial charge in [-0.05, 0) is 50.9 Å². The summed E-state index contributed by atoms with van der Waals surface area (Å²) in [4.78, 5) is 14.5. The van der Waals surface area contributed by atoms with Crippen LogP contribution < -0.4 is 10.1 Å².